The second kappa shape index (κ2) is 6.96. The van der Waals surface area contributed by atoms with E-state index < -0.39 is 11.8 Å². The summed E-state index contributed by atoms with van der Waals surface area (Å²) in [7, 11) is 1.32. The molecular formula is C15H20N2O5S. The third-order valence-electron chi connectivity index (χ3n) is 4.12. The van der Waals surface area contributed by atoms with E-state index in [9.17, 15) is 9.59 Å². The van der Waals surface area contributed by atoms with Gasteiger partial charge in [0.15, 0.2) is 5.79 Å². The minimum absolute atomic E-state index is 0.137. The van der Waals surface area contributed by atoms with Crippen LogP contribution in [0, 0.1) is 0 Å². The number of nitrogens with zero attached hydrogens (tertiary/aromatic N) is 1. The summed E-state index contributed by atoms with van der Waals surface area (Å²) in [4.78, 5) is 25.9. The molecule has 2 saturated heterocycles. The minimum atomic E-state index is -0.447. The van der Waals surface area contributed by atoms with Crippen LogP contribution in [0.2, 0.25) is 0 Å². The van der Waals surface area contributed by atoms with Gasteiger partial charge in [0.2, 0.25) is 5.91 Å². The quantitative estimate of drug-likeness (QED) is 0.833. The highest BCUT2D eigenvalue weighted by molar-refractivity contribution is 7.14. The fourth-order valence-electron chi connectivity index (χ4n) is 2.88. The second-order valence-corrected chi connectivity index (χ2v) is 6.50. The average Bonchev–Trinajstić information content (AvgIpc) is 3.19. The maximum absolute atomic E-state index is 12.2. The lowest BCUT2D eigenvalue weighted by Crippen LogP contribution is -2.47. The van der Waals surface area contributed by atoms with Crippen molar-refractivity contribution in [2.24, 2.45) is 0 Å². The van der Waals surface area contributed by atoms with Gasteiger partial charge >= 0.3 is 5.97 Å². The van der Waals surface area contributed by atoms with Crippen LogP contribution in [0.1, 0.15) is 23.2 Å². The summed E-state index contributed by atoms with van der Waals surface area (Å²) in [5.41, 5.74) is 0.385. The van der Waals surface area contributed by atoms with Crippen LogP contribution in [0.3, 0.4) is 0 Å². The number of anilines is 1. The van der Waals surface area contributed by atoms with E-state index in [4.69, 9.17) is 14.2 Å². The number of thiophene rings is 1. The zero-order valence-electron chi connectivity index (χ0n) is 13.0. The number of carbonyl (C=O) groups excluding carboxylic acids is 2. The third-order valence-corrected chi connectivity index (χ3v) is 4.95. The number of hydrogen-bond donors (Lipinski definition) is 1. The number of carbonyl (C=O) groups is 2. The maximum atomic E-state index is 12.2. The van der Waals surface area contributed by atoms with Crippen LogP contribution in [-0.4, -0.2) is 62.5 Å². The van der Waals surface area contributed by atoms with Crippen molar-refractivity contribution >= 4 is 28.2 Å². The molecule has 0 aliphatic carbocycles. The first-order valence-electron chi connectivity index (χ1n) is 7.58. The summed E-state index contributed by atoms with van der Waals surface area (Å²) < 4.78 is 16.0. The van der Waals surface area contributed by atoms with Crippen LogP contribution >= 0.6 is 11.3 Å². The van der Waals surface area contributed by atoms with E-state index in [1.165, 1.54) is 18.4 Å². The van der Waals surface area contributed by atoms with E-state index in [1.54, 1.807) is 11.4 Å². The highest BCUT2D eigenvalue weighted by atomic mass is 32.1. The molecule has 126 valence electrons. The Hall–Kier alpha value is -1.48. The number of esters is 1. The molecule has 1 amide bonds. The number of ether oxygens (including phenoxy) is 3. The number of nitrogens with one attached hydrogen (secondary N) is 1. The van der Waals surface area contributed by atoms with Crippen LogP contribution in [-0.2, 0) is 19.0 Å². The van der Waals surface area contributed by atoms with Crippen molar-refractivity contribution in [3.05, 3.63) is 17.0 Å². The van der Waals surface area contributed by atoms with Crippen LogP contribution in [0.25, 0.3) is 0 Å². The van der Waals surface area contributed by atoms with Crippen LogP contribution in [0.5, 0.6) is 0 Å². The number of amides is 1. The van der Waals surface area contributed by atoms with Crippen LogP contribution in [0.15, 0.2) is 11.4 Å². The molecule has 0 bridgehead atoms. The molecule has 23 heavy (non-hydrogen) atoms. The molecule has 8 heteroatoms. The molecule has 3 heterocycles. The maximum Gasteiger partial charge on any atom is 0.340 e. The molecule has 1 aromatic heterocycles. The molecule has 1 aromatic rings. The fraction of sp³-hybridized carbons (Fsp3) is 0.600. The van der Waals surface area contributed by atoms with Gasteiger partial charge in [0.05, 0.1) is 32.4 Å². The zero-order chi connectivity index (χ0) is 16.3. The normalized spacial score (nSPS) is 20.6. The predicted molar refractivity (Wildman–Crippen MR) is 84.6 cm³/mol. The van der Waals surface area contributed by atoms with Crippen molar-refractivity contribution in [2.75, 3.05) is 45.3 Å². The molecule has 3 rings (SSSR count). The molecule has 0 radical (unpaired) electrons. The van der Waals surface area contributed by atoms with Gasteiger partial charge in [0, 0.05) is 25.9 Å². The molecule has 2 aliphatic heterocycles. The van der Waals surface area contributed by atoms with Gasteiger partial charge < -0.3 is 19.5 Å². The van der Waals surface area contributed by atoms with E-state index in [-0.39, 0.29) is 12.5 Å². The lowest BCUT2D eigenvalue weighted by molar-refractivity contribution is -0.185. The zero-order valence-corrected chi connectivity index (χ0v) is 13.8. The molecule has 0 unspecified atom stereocenters. The van der Waals surface area contributed by atoms with Crippen molar-refractivity contribution in [3.8, 4) is 0 Å². The average molecular weight is 340 g/mol. The lowest BCUT2D eigenvalue weighted by atomic mass is 10.0. The summed E-state index contributed by atoms with van der Waals surface area (Å²) >= 11 is 1.31. The van der Waals surface area contributed by atoms with Gasteiger partial charge in [0.1, 0.15) is 5.00 Å². The first-order chi connectivity index (χ1) is 11.1. The lowest BCUT2D eigenvalue weighted by Gasteiger charge is -2.37. The van der Waals surface area contributed by atoms with E-state index >= 15 is 0 Å². The van der Waals surface area contributed by atoms with E-state index in [1.807, 2.05) is 0 Å². The van der Waals surface area contributed by atoms with E-state index in [0.717, 1.165) is 25.9 Å². The molecule has 7 nitrogen and oxygen atoms in total. The first-order valence-corrected chi connectivity index (χ1v) is 8.46. The Bertz CT molecular complexity index is 572. The van der Waals surface area contributed by atoms with E-state index in [2.05, 4.69) is 10.2 Å². The third kappa shape index (κ3) is 3.72. The summed E-state index contributed by atoms with van der Waals surface area (Å²) in [6, 6.07) is 1.64. The van der Waals surface area contributed by atoms with Crippen molar-refractivity contribution < 1.29 is 23.8 Å². The van der Waals surface area contributed by atoms with Crippen molar-refractivity contribution in [3.63, 3.8) is 0 Å². The Morgan fingerprint density at radius 3 is 2.70 bits per heavy atom. The Morgan fingerprint density at radius 1 is 1.35 bits per heavy atom. The second-order valence-electron chi connectivity index (χ2n) is 5.59. The van der Waals surface area contributed by atoms with Gasteiger partial charge in [-0.2, -0.15) is 0 Å². The molecule has 0 aromatic carbocycles. The van der Waals surface area contributed by atoms with Crippen molar-refractivity contribution in [1.82, 2.24) is 4.90 Å². The largest absolute Gasteiger partial charge is 0.465 e. The molecule has 1 spiro atoms. The van der Waals surface area contributed by atoms with Gasteiger partial charge in [-0.3, -0.25) is 9.69 Å². The summed E-state index contributed by atoms with van der Waals surface area (Å²) in [6.07, 6.45) is 1.54. The van der Waals surface area contributed by atoms with Crippen LogP contribution < -0.4 is 5.32 Å². The van der Waals surface area contributed by atoms with Crippen molar-refractivity contribution in [1.29, 1.82) is 0 Å². The summed E-state index contributed by atoms with van der Waals surface area (Å²) in [5.74, 6) is -1.02. The number of likely N-dealkylation sites (tertiary alicyclic amines) is 1. The topological polar surface area (TPSA) is 77.1 Å². The first kappa shape index (κ1) is 16.4. The van der Waals surface area contributed by atoms with Gasteiger partial charge in [-0.25, -0.2) is 4.79 Å². The monoisotopic (exact) mass is 340 g/mol. The number of methoxy groups -OCH3 is 1. The molecule has 2 fully saturated rings. The highest BCUT2D eigenvalue weighted by Gasteiger charge is 2.39. The molecular weight excluding hydrogens is 320 g/mol. The molecule has 0 saturated carbocycles. The van der Waals surface area contributed by atoms with E-state index in [0.29, 0.717) is 23.8 Å². The number of hydrogen-bond acceptors (Lipinski definition) is 7. The van der Waals surface area contributed by atoms with Gasteiger partial charge in [0.25, 0.3) is 0 Å². The molecule has 1 N–H and O–H groups in total. The van der Waals surface area contributed by atoms with Crippen LogP contribution in [0.4, 0.5) is 5.00 Å². The molecule has 2 aliphatic rings. The summed E-state index contributed by atoms with van der Waals surface area (Å²) in [6.45, 7) is 3.09. The van der Waals surface area contributed by atoms with Gasteiger partial charge in [-0.05, 0) is 11.4 Å². The van der Waals surface area contributed by atoms with Gasteiger partial charge in [-0.15, -0.1) is 11.3 Å². The number of rotatable bonds is 4. The Labute approximate surface area is 138 Å². The molecule has 0 atom stereocenters. The predicted octanol–water partition coefficient (Wildman–Crippen LogP) is 1.31. The fourth-order valence-corrected chi connectivity index (χ4v) is 3.67. The standard InChI is InChI=1S/C15H20N2O5S/c1-20-14(19)11-2-9-23-13(11)16-12(18)10-17-5-3-15(4-6-17)21-7-8-22-15/h2,9H,3-8,10H2,1H3,(H,16,18). The van der Waals surface area contributed by atoms with Crippen molar-refractivity contribution in [2.45, 2.75) is 18.6 Å². The number of piperidine rings is 1. The summed E-state index contributed by atoms with van der Waals surface area (Å²) in [5, 5.41) is 5.07. The Balaban J connectivity index is 1.50. The SMILES string of the molecule is COC(=O)c1ccsc1NC(=O)CN1CCC2(CC1)OCCO2. The minimum Gasteiger partial charge on any atom is -0.465 e. The Morgan fingerprint density at radius 2 is 2.04 bits per heavy atom. The highest BCUT2D eigenvalue weighted by Crippen LogP contribution is 2.31. The van der Waals surface area contributed by atoms with Gasteiger partial charge in [-0.1, -0.05) is 0 Å². The Kier molecular flexibility index (Phi) is 4.96. The smallest absolute Gasteiger partial charge is 0.340 e.